The fourth-order valence-electron chi connectivity index (χ4n) is 4.97. The van der Waals surface area contributed by atoms with Gasteiger partial charge in [-0.05, 0) is 56.3 Å². The average Bonchev–Trinajstić information content (AvgIpc) is 2.67. The van der Waals surface area contributed by atoms with Crippen molar-refractivity contribution in [1.82, 2.24) is 0 Å². The maximum absolute atomic E-state index is 13.3. The molecule has 1 aromatic carbocycles. The second-order valence-corrected chi connectivity index (χ2v) is 8.30. The molecule has 150 valence electrons. The Morgan fingerprint density at radius 1 is 0.926 bits per heavy atom. The topological polar surface area (TPSA) is 26.3 Å². The molecule has 2 aliphatic rings. The van der Waals surface area contributed by atoms with Crippen LogP contribution in [0.15, 0.2) is 12.1 Å². The number of carbonyl (C=O) groups excluding carboxylic acids is 1. The van der Waals surface area contributed by atoms with Crippen LogP contribution in [0.1, 0.15) is 71.1 Å². The molecule has 0 N–H and O–H groups in total. The average molecular weight is 382 g/mol. The Morgan fingerprint density at radius 2 is 1.44 bits per heavy atom. The summed E-state index contributed by atoms with van der Waals surface area (Å²) in [5, 5.41) is 0. The van der Waals surface area contributed by atoms with Gasteiger partial charge in [0.1, 0.15) is 5.75 Å². The van der Waals surface area contributed by atoms with Crippen molar-refractivity contribution < 1.29 is 22.7 Å². The van der Waals surface area contributed by atoms with E-state index < -0.39 is 23.4 Å². The highest BCUT2D eigenvalue weighted by atomic mass is 19.2. The number of carbonyl (C=O) groups is 1. The number of halogens is 3. The van der Waals surface area contributed by atoms with Gasteiger partial charge >= 0.3 is 5.97 Å². The number of hydrogen-bond acceptors (Lipinski definition) is 2. The monoisotopic (exact) mass is 382 g/mol. The van der Waals surface area contributed by atoms with Crippen molar-refractivity contribution in [3.8, 4) is 5.75 Å². The summed E-state index contributed by atoms with van der Waals surface area (Å²) in [5.74, 6) is -2.88. The summed E-state index contributed by atoms with van der Waals surface area (Å²) >= 11 is 0. The van der Waals surface area contributed by atoms with Crippen LogP contribution in [0.3, 0.4) is 0 Å². The third kappa shape index (κ3) is 5.05. The van der Waals surface area contributed by atoms with Gasteiger partial charge in [-0.2, -0.15) is 0 Å². The first-order valence-electron chi connectivity index (χ1n) is 10.3. The van der Waals surface area contributed by atoms with Gasteiger partial charge in [0.15, 0.2) is 17.5 Å². The molecule has 0 saturated heterocycles. The molecule has 2 fully saturated rings. The van der Waals surface area contributed by atoms with E-state index in [9.17, 15) is 18.0 Å². The van der Waals surface area contributed by atoms with Crippen LogP contribution in [-0.4, -0.2) is 5.97 Å². The number of ether oxygens (including phenoxy) is 1. The van der Waals surface area contributed by atoms with Gasteiger partial charge in [-0.1, -0.05) is 32.6 Å². The lowest BCUT2D eigenvalue weighted by molar-refractivity contribution is -0.140. The number of hydrogen-bond donors (Lipinski definition) is 0. The molecule has 2 aliphatic carbocycles. The lowest BCUT2D eigenvalue weighted by Crippen LogP contribution is -2.30. The van der Waals surface area contributed by atoms with E-state index >= 15 is 0 Å². The van der Waals surface area contributed by atoms with E-state index in [0.29, 0.717) is 5.92 Å². The fourth-order valence-corrected chi connectivity index (χ4v) is 4.97. The van der Waals surface area contributed by atoms with Crippen molar-refractivity contribution in [2.75, 3.05) is 0 Å². The summed E-state index contributed by atoms with van der Waals surface area (Å²) in [6.07, 6.45) is 11.4. The second-order valence-electron chi connectivity index (χ2n) is 8.30. The van der Waals surface area contributed by atoms with E-state index in [1.54, 1.807) is 0 Å². The van der Waals surface area contributed by atoms with Gasteiger partial charge in [0.2, 0.25) is 0 Å². The maximum atomic E-state index is 13.3. The zero-order valence-corrected chi connectivity index (χ0v) is 16.0. The fraction of sp³-hybridized carbons (Fsp3) is 0.682. The molecule has 0 unspecified atom stereocenters. The van der Waals surface area contributed by atoms with Crippen molar-refractivity contribution in [2.24, 2.45) is 23.7 Å². The van der Waals surface area contributed by atoms with Gasteiger partial charge in [-0.15, -0.1) is 0 Å². The Balaban J connectivity index is 1.47. The Labute approximate surface area is 159 Å². The second kappa shape index (κ2) is 9.11. The van der Waals surface area contributed by atoms with E-state index in [1.807, 2.05) is 0 Å². The minimum Gasteiger partial charge on any atom is -0.426 e. The highest BCUT2D eigenvalue weighted by Crippen LogP contribution is 2.42. The normalized spacial score (nSPS) is 28.7. The third-order valence-electron chi connectivity index (χ3n) is 6.54. The van der Waals surface area contributed by atoms with Crippen molar-refractivity contribution in [3.05, 3.63) is 29.6 Å². The van der Waals surface area contributed by atoms with Crippen LogP contribution in [0.5, 0.6) is 5.75 Å². The molecular formula is C22H29F3O2. The quantitative estimate of drug-likeness (QED) is 0.334. The van der Waals surface area contributed by atoms with Gasteiger partial charge in [0.05, 0.1) is 5.92 Å². The molecular weight excluding hydrogens is 353 g/mol. The smallest absolute Gasteiger partial charge is 0.314 e. The maximum Gasteiger partial charge on any atom is 0.314 e. The van der Waals surface area contributed by atoms with Crippen LogP contribution in [0.25, 0.3) is 0 Å². The Bertz CT molecular complexity index is 622. The Kier molecular flexibility index (Phi) is 6.83. The molecule has 0 radical (unpaired) electrons. The van der Waals surface area contributed by atoms with Crippen LogP contribution in [0.4, 0.5) is 13.2 Å². The van der Waals surface area contributed by atoms with Gasteiger partial charge in [0.25, 0.3) is 0 Å². The minimum atomic E-state index is -1.55. The molecule has 2 saturated carbocycles. The van der Waals surface area contributed by atoms with Gasteiger partial charge in [0, 0.05) is 12.1 Å². The first-order valence-corrected chi connectivity index (χ1v) is 10.3. The molecule has 0 bridgehead atoms. The summed E-state index contributed by atoms with van der Waals surface area (Å²) in [6, 6.07) is 1.44. The first kappa shape index (κ1) is 20.2. The molecule has 0 amide bonds. The summed E-state index contributed by atoms with van der Waals surface area (Å²) in [5.41, 5.74) is 0. The number of benzene rings is 1. The van der Waals surface area contributed by atoms with Gasteiger partial charge in [-0.25, -0.2) is 13.2 Å². The summed E-state index contributed by atoms with van der Waals surface area (Å²) in [6.45, 7) is 2.25. The molecule has 27 heavy (non-hydrogen) atoms. The minimum absolute atomic E-state index is 0.242. The standard InChI is InChI=1S/C22H29F3O2/c1-2-3-14-4-6-15(7-5-14)16-8-10-17(11-9-16)22(26)27-18-12-19(23)21(25)20(24)13-18/h12-17H,2-11H2,1H3/t14-,15-,16-,17-. The largest absolute Gasteiger partial charge is 0.426 e. The molecule has 0 aliphatic heterocycles. The zero-order chi connectivity index (χ0) is 19.4. The van der Waals surface area contributed by atoms with Crippen molar-refractivity contribution in [1.29, 1.82) is 0 Å². The van der Waals surface area contributed by atoms with Crippen LogP contribution in [0.2, 0.25) is 0 Å². The highest BCUT2D eigenvalue weighted by molar-refractivity contribution is 5.75. The molecule has 0 spiro atoms. The molecule has 3 rings (SSSR count). The first-order chi connectivity index (χ1) is 13.0. The molecule has 5 heteroatoms. The van der Waals surface area contributed by atoms with Crippen LogP contribution >= 0.6 is 0 Å². The highest BCUT2D eigenvalue weighted by Gasteiger charge is 2.33. The van der Waals surface area contributed by atoms with Crippen LogP contribution in [-0.2, 0) is 4.79 Å². The zero-order valence-electron chi connectivity index (χ0n) is 16.0. The SMILES string of the molecule is CCC[C@H]1CC[C@H]([C@H]2CC[C@H](C(=O)Oc3cc(F)c(F)c(F)c3)CC2)CC1. The van der Waals surface area contributed by atoms with Crippen molar-refractivity contribution in [3.63, 3.8) is 0 Å². The van der Waals surface area contributed by atoms with Gasteiger partial charge < -0.3 is 4.74 Å². The van der Waals surface area contributed by atoms with E-state index in [0.717, 1.165) is 49.7 Å². The third-order valence-corrected chi connectivity index (χ3v) is 6.54. The molecule has 2 nitrogen and oxygen atoms in total. The summed E-state index contributed by atoms with van der Waals surface area (Å²) < 4.78 is 44.6. The van der Waals surface area contributed by atoms with E-state index in [-0.39, 0.29) is 11.7 Å². The van der Waals surface area contributed by atoms with Gasteiger partial charge in [-0.3, -0.25) is 4.79 Å². The number of rotatable bonds is 5. The van der Waals surface area contributed by atoms with Crippen molar-refractivity contribution >= 4 is 5.97 Å². The van der Waals surface area contributed by atoms with E-state index in [2.05, 4.69) is 6.92 Å². The molecule has 0 heterocycles. The summed E-state index contributed by atoms with van der Waals surface area (Å²) in [7, 11) is 0. The Morgan fingerprint density at radius 3 is 1.96 bits per heavy atom. The predicted octanol–water partition coefficient (Wildman–Crippen LogP) is 6.42. The summed E-state index contributed by atoms with van der Waals surface area (Å²) in [4.78, 5) is 12.3. The lowest BCUT2D eigenvalue weighted by Gasteiger charge is -2.37. The van der Waals surface area contributed by atoms with Crippen molar-refractivity contribution in [2.45, 2.75) is 71.1 Å². The molecule has 1 aromatic rings. The molecule has 0 atom stereocenters. The van der Waals surface area contributed by atoms with Crippen LogP contribution in [0, 0.1) is 41.1 Å². The predicted molar refractivity (Wildman–Crippen MR) is 97.8 cm³/mol. The van der Waals surface area contributed by atoms with E-state index in [4.69, 9.17) is 4.74 Å². The number of esters is 1. The lowest BCUT2D eigenvalue weighted by atomic mass is 9.69. The molecule has 0 aromatic heterocycles. The Hall–Kier alpha value is -1.52. The van der Waals surface area contributed by atoms with Crippen LogP contribution < -0.4 is 4.74 Å². The van der Waals surface area contributed by atoms with E-state index in [1.165, 1.54) is 38.5 Å².